The van der Waals surface area contributed by atoms with Crippen LogP contribution < -0.4 is 10.6 Å². The van der Waals surface area contributed by atoms with Crippen LogP contribution in [0.3, 0.4) is 0 Å². The molecule has 0 spiro atoms. The Labute approximate surface area is 108 Å². The van der Waals surface area contributed by atoms with Crippen LogP contribution in [0.2, 0.25) is 0 Å². The molecule has 1 fully saturated rings. The van der Waals surface area contributed by atoms with Crippen molar-refractivity contribution in [1.82, 2.24) is 10.6 Å². The van der Waals surface area contributed by atoms with E-state index in [9.17, 15) is 4.79 Å². The molecule has 2 heterocycles. The Morgan fingerprint density at radius 3 is 3.06 bits per heavy atom. The molecule has 0 radical (unpaired) electrons. The molecule has 0 saturated carbocycles. The fraction of sp³-hybridized carbons (Fsp3) is 0.643. The van der Waals surface area contributed by atoms with Gasteiger partial charge in [0.05, 0.1) is 17.7 Å². The highest BCUT2D eigenvalue weighted by Gasteiger charge is 2.38. The molecule has 100 valence electrons. The van der Waals surface area contributed by atoms with E-state index in [0.717, 1.165) is 38.1 Å². The van der Waals surface area contributed by atoms with Crippen LogP contribution in [0.5, 0.6) is 0 Å². The third kappa shape index (κ3) is 2.58. The van der Waals surface area contributed by atoms with Gasteiger partial charge in [-0.3, -0.25) is 4.79 Å². The minimum Gasteiger partial charge on any atom is -0.467 e. The van der Waals surface area contributed by atoms with Crippen molar-refractivity contribution in [2.24, 2.45) is 5.41 Å². The highest BCUT2D eigenvalue weighted by molar-refractivity contribution is 5.83. The fourth-order valence-corrected chi connectivity index (χ4v) is 2.58. The predicted octanol–water partition coefficient (Wildman–Crippen LogP) is 2.24. The van der Waals surface area contributed by atoms with E-state index < -0.39 is 0 Å². The van der Waals surface area contributed by atoms with Crippen LogP contribution in [-0.4, -0.2) is 19.0 Å². The van der Waals surface area contributed by atoms with Gasteiger partial charge in [-0.05, 0) is 44.9 Å². The van der Waals surface area contributed by atoms with E-state index in [4.69, 9.17) is 4.42 Å². The lowest BCUT2D eigenvalue weighted by molar-refractivity contribution is -0.133. The molecular weight excluding hydrogens is 228 g/mol. The van der Waals surface area contributed by atoms with Crippen LogP contribution >= 0.6 is 0 Å². The van der Waals surface area contributed by atoms with E-state index in [1.165, 1.54) is 0 Å². The van der Waals surface area contributed by atoms with Gasteiger partial charge < -0.3 is 15.1 Å². The first-order chi connectivity index (χ1) is 8.68. The van der Waals surface area contributed by atoms with E-state index in [-0.39, 0.29) is 17.4 Å². The minimum atomic E-state index is -0.251. The first-order valence-corrected chi connectivity index (χ1v) is 6.73. The highest BCUT2D eigenvalue weighted by Crippen LogP contribution is 2.31. The molecule has 0 bridgehead atoms. The number of piperidine rings is 1. The van der Waals surface area contributed by atoms with E-state index in [0.29, 0.717) is 0 Å². The van der Waals surface area contributed by atoms with Crippen molar-refractivity contribution in [1.29, 1.82) is 0 Å². The summed E-state index contributed by atoms with van der Waals surface area (Å²) in [4.78, 5) is 12.5. The smallest absolute Gasteiger partial charge is 0.228 e. The van der Waals surface area contributed by atoms with Gasteiger partial charge in [-0.25, -0.2) is 0 Å². The second kappa shape index (κ2) is 5.57. The average Bonchev–Trinajstić information content (AvgIpc) is 2.93. The molecule has 2 atom stereocenters. The Balaban J connectivity index is 2.01. The normalized spacial score (nSPS) is 25.7. The predicted molar refractivity (Wildman–Crippen MR) is 70.1 cm³/mol. The summed E-state index contributed by atoms with van der Waals surface area (Å²) in [5.41, 5.74) is -0.251. The quantitative estimate of drug-likeness (QED) is 0.861. The van der Waals surface area contributed by atoms with Crippen molar-refractivity contribution < 1.29 is 9.21 Å². The Bertz CT molecular complexity index is 381. The van der Waals surface area contributed by atoms with Gasteiger partial charge in [0.1, 0.15) is 5.76 Å². The second-order valence-electron chi connectivity index (χ2n) is 5.12. The van der Waals surface area contributed by atoms with E-state index >= 15 is 0 Å². The van der Waals surface area contributed by atoms with Crippen LogP contribution in [0.15, 0.2) is 22.8 Å². The number of hydrogen-bond donors (Lipinski definition) is 2. The molecule has 0 aromatic carbocycles. The largest absolute Gasteiger partial charge is 0.467 e. The lowest BCUT2D eigenvalue weighted by atomic mass is 9.77. The average molecular weight is 250 g/mol. The van der Waals surface area contributed by atoms with E-state index in [1.54, 1.807) is 6.26 Å². The van der Waals surface area contributed by atoms with Crippen LogP contribution in [0.25, 0.3) is 0 Å². The van der Waals surface area contributed by atoms with Crippen molar-refractivity contribution >= 4 is 5.91 Å². The summed E-state index contributed by atoms with van der Waals surface area (Å²) >= 11 is 0. The second-order valence-corrected chi connectivity index (χ2v) is 5.12. The third-order valence-corrected chi connectivity index (χ3v) is 3.95. The zero-order valence-electron chi connectivity index (χ0n) is 11.2. The van der Waals surface area contributed by atoms with Gasteiger partial charge in [-0.15, -0.1) is 0 Å². The Hall–Kier alpha value is -1.29. The summed E-state index contributed by atoms with van der Waals surface area (Å²) in [5.74, 6) is 0.944. The van der Waals surface area contributed by atoms with Crippen molar-refractivity contribution in [3.05, 3.63) is 24.2 Å². The van der Waals surface area contributed by atoms with Gasteiger partial charge in [0.25, 0.3) is 0 Å². The molecule has 1 unspecified atom stereocenters. The molecule has 1 aromatic rings. The van der Waals surface area contributed by atoms with Crippen molar-refractivity contribution in [3.8, 4) is 0 Å². The van der Waals surface area contributed by atoms with Crippen LogP contribution in [0.1, 0.15) is 44.9 Å². The molecule has 2 rings (SSSR count). The maximum Gasteiger partial charge on any atom is 0.228 e. The number of carbonyl (C=O) groups is 1. The zero-order chi connectivity index (χ0) is 13.0. The van der Waals surface area contributed by atoms with E-state index in [1.807, 2.05) is 19.1 Å². The van der Waals surface area contributed by atoms with Gasteiger partial charge in [0, 0.05) is 6.54 Å². The summed E-state index contributed by atoms with van der Waals surface area (Å²) in [6.45, 7) is 5.84. The Morgan fingerprint density at radius 2 is 2.50 bits per heavy atom. The molecular formula is C14H22N2O2. The maximum atomic E-state index is 12.5. The van der Waals surface area contributed by atoms with Crippen molar-refractivity contribution in [2.75, 3.05) is 13.1 Å². The number of carbonyl (C=O) groups excluding carboxylic acids is 1. The minimum absolute atomic E-state index is 0.0714. The van der Waals surface area contributed by atoms with Gasteiger partial charge in [-0.1, -0.05) is 6.92 Å². The summed E-state index contributed by atoms with van der Waals surface area (Å²) < 4.78 is 5.32. The molecule has 1 aliphatic rings. The third-order valence-electron chi connectivity index (χ3n) is 3.95. The number of rotatable bonds is 4. The SMILES string of the molecule is CCC1(C(=O)N[C@@H](C)c2ccco2)CCCNC1. The molecule has 4 nitrogen and oxygen atoms in total. The summed E-state index contributed by atoms with van der Waals surface area (Å²) in [6, 6.07) is 3.66. The van der Waals surface area contributed by atoms with Crippen LogP contribution in [-0.2, 0) is 4.79 Å². The molecule has 4 heteroatoms. The molecule has 18 heavy (non-hydrogen) atoms. The lowest BCUT2D eigenvalue weighted by Crippen LogP contribution is -2.50. The molecule has 1 saturated heterocycles. The van der Waals surface area contributed by atoms with Crippen molar-refractivity contribution in [3.63, 3.8) is 0 Å². The van der Waals surface area contributed by atoms with Crippen LogP contribution in [0.4, 0.5) is 0 Å². The summed E-state index contributed by atoms with van der Waals surface area (Å²) in [6.07, 6.45) is 4.54. The standard InChI is InChI=1S/C14H22N2O2/c1-3-14(7-5-8-15-10-14)13(17)16-11(2)12-6-4-9-18-12/h4,6,9,11,15H,3,5,7-8,10H2,1-2H3,(H,16,17)/t11-,14?/m0/s1. The van der Waals surface area contributed by atoms with Gasteiger partial charge in [0.15, 0.2) is 0 Å². The number of amides is 1. The molecule has 0 aliphatic carbocycles. The maximum absolute atomic E-state index is 12.5. The highest BCUT2D eigenvalue weighted by atomic mass is 16.3. The number of furan rings is 1. The van der Waals surface area contributed by atoms with Gasteiger partial charge in [-0.2, -0.15) is 0 Å². The monoisotopic (exact) mass is 250 g/mol. The lowest BCUT2D eigenvalue weighted by Gasteiger charge is -2.36. The number of hydrogen-bond acceptors (Lipinski definition) is 3. The van der Waals surface area contributed by atoms with Crippen LogP contribution in [0, 0.1) is 5.41 Å². The molecule has 1 aromatic heterocycles. The van der Waals surface area contributed by atoms with Gasteiger partial charge >= 0.3 is 0 Å². The Kier molecular flexibility index (Phi) is 4.07. The van der Waals surface area contributed by atoms with E-state index in [2.05, 4.69) is 17.6 Å². The van der Waals surface area contributed by atoms with Crippen molar-refractivity contribution in [2.45, 2.75) is 39.2 Å². The first kappa shape index (κ1) is 13.1. The first-order valence-electron chi connectivity index (χ1n) is 6.73. The molecule has 1 amide bonds. The van der Waals surface area contributed by atoms with Gasteiger partial charge in [0.2, 0.25) is 5.91 Å². The Morgan fingerprint density at radius 1 is 1.67 bits per heavy atom. The summed E-state index contributed by atoms with van der Waals surface area (Å²) in [5, 5.41) is 6.40. The number of nitrogens with one attached hydrogen (secondary N) is 2. The topological polar surface area (TPSA) is 54.3 Å². The fourth-order valence-electron chi connectivity index (χ4n) is 2.58. The zero-order valence-corrected chi connectivity index (χ0v) is 11.2. The summed E-state index contributed by atoms with van der Waals surface area (Å²) in [7, 11) is 0. The molecule has 1 aliphatic heterocycles. The molecule has 2 N–H and O–H groups in total.